The summed E-state index contributed by atoms with van der Waals surface area (Å²) in [6.07, 6.45) is 6.80. The molecule has 5 nitrogen and oxygen atoms in total. The second kappa shape index (κ2) is 9.30. The van der Waals surface area contributed by atoms with Crippen LogP contribution in [0.5, 0.6) is 0 Å². The lowest BCUT2D eigenvalue weighted by Crippen LogP contribution is -2.35. The first kappa shape index (κ1) is 20.6. The second-order valence-corrected chi connectivity index (χ2v) is 8.77. The number of aromatic nitrogens is 1. The van der Waals surface area contributed by atoms with E-state index in [0.29, 0.717) is 26.0 Å². The Morgan fingerprint density at radius 3 is 2.81 bits per heavy atom. The number of benzene rings is 1. The van der Waals surface area contributed by atoms with Gasteiger partial charge >= 0.3 is 0 Å². The van der Waals surface area contributed by atoms with Gasteiger partial charge in [-0.2, -0.15) is 4.57 Å². The predicted molar refractivity (Wildman–Crippen MR) is 105 cm³/mol. The van der Waals surface area contributed by atoms with Crippen LogP contribution in [-0.4, -0.2) is 25.3 Å². The molecule has 0 unspecified atom stereocenters. The molecule has 0 aliphatic carbocycles. The van der Waals surface area contributed by atoms with Gasteiger partial charge in [-0.25, -0.2) is 8.42 Å². The average molecular weight is 396 g/mol. The van der Waals surface area contributed by atoms with Crippen molar-refractivity contribution in [2.75, 3.05) is 12.4 Å². The van der Waals surface area contributed by atoms with Crippen LogP contribution in [0.2, 0.25) is 0 Å². The molecule has 1 heterocycles. The van der Waals surface area contributed by atoms with Gasteiger partial charge in [-0.1, -0.05) is 17.4 Å². The number of aryl methyl sites for hydroxylation is 2. The molecule has 0 fully saturated rings. The average Bonchev–Trinajstić information content (AvgIpc) is 2.90. The highest BCUT2D eigenvalue weighted by Gasteiger charge is 2.18. The lowest BCUT2D eigenvalue weighted by Gasteiger charge is -2.04. The van der Waals surface area contributed by atoms with Crippen molar-refractivity contribution in [1.29, 1.82) is 0 Å². The maximum atomic E-state index is 10.8. The molecule has 2 rings (SSSR count). The molecule has 0 saturated heterocycles. The van der Waals surface area contributed by atoms with E-state index in [9.17, 15) is 13.0 Å². The zero-order chi connectivity index (χ0) is 19.2. The van der Waals surface area contributed by atoms with Crippen LogP contribution >= 0.6 is 11.3 Å². The van der Waals surface area contributed by atoms with E-state index in [1.54, 1.807) is 17.6 Å². The molecule has 0 amide bonds. The third kappa shape index (κ3) is 6.23. The van der Waals surface area contributed by atoms with Crippen LogP contribution in [0.3, 0.4) is 0 Å². The molecule has 0 spiro atoms. The Bertz CT molecular complexity index is 911. The summed E-state index contributed by atoms with van der Waals surface area (Å²) in [4.78, 5) is 0. The summed E-state index contributed by atoms with van der Waals surface area (Å²) in [5, 5.41) is 1.08. The minimum absolute atomic E-state index is 0.309. The number of allylic oxidation sites excluding steroid dienone is 2. The summed E-state index contributed by atoms with van der Waals surface area (Å²) in [5.74, 6) is -0.309. The first-order chi connectivity index (χ1) is 12.3. The fourth-order valence-electron chi connectivity index (χ4n) is 2.57. The van der Waals surface area contributed by atoms with E-state index in [4.69, 9.17) is 4.74 Å². The number of fused-ring (bicyclic) bond motifs is 1. The molecule has 26 heavy (non-hydrogen) atoms. The van der Waals surface area contributed by atoms with E-state index in [2.05, 4.69) is 35.8 Å². The SMILES string of the molecule is CCOC=C(C)C=Cc1sc2cc(C)ccc2[n+]1CCCCS(=O)(=O)[O-]. The van der Waals surface area contributed by atoms with E-state index >= 15 is 0 Å². The van der Waals surface area contributed by atoms with Gasteiger partial charge < -0.3 is 9.29 Å². The lowest BCUT2D eigenvalue weighted by molar-refractivity contribution is -0.669. The van der Waals surface area contributed by atoms with Crippen molar-refractivity contribution >= 4 is 37.7 Å². The standard InChI is InChI=1S/C19H25NO4S2/c1-4-24-14-16(3)8-10-19-20(11-5-6-12-26(21,22)23)17-9-7-15(2)13-18(17)25-19/h7-10,13-14H,4-6,11-12H2,1-3H3. The summed E-state index contributed by atoms with van der Waals surface area (Å²) < 4.78 is 41.0. The first-order valence-electron chi connectivity index (χ1n) is 8.63. The highest BCUT2D eigenvalue weighted by molar-refractivity contribution is 7.85. The van der Waals surface area contributed by atoms with Crippen LogP contribution in [0.1, 0.15) is 37.3 Å². The normalized spacial score (nSPS) is 13.0. The van der Waals surface area contributed by atoms with Gasteiger partial charge in [-0.05, 0) is 50.5 Å². The molecule has 1 aromatic heterocycles. The number of ether oxygens (including phenoxy) is 1. The van der Waals surface area contributed by atoms with E-state index < -0.39 is 10.1 Å². The summed E-state index contributed by atoms with van der Waals surface area (Å²) in [7, 11) is -4.15. The maximum Gasteiger partial charge on any atom is 0.262 e. The van der Waals surface area contributed by atoms with Gasteiger partial charge in [0.05, 0.1) is 23.0 Å². The van der Waals surface area contributed by atoms with Crippen molar-refractivity contribution in [1.82, 2.24) is 0 Å². The number of rotatable bonds is 9. The predicted octanol–water partition coefficient (Wildman–Crippen LogP) is 3.78. The second-order valence-electron chi connectivity index (χ2n) is 6.18. The number of hydrogen-bond acceptors (Lipinski definition) is 5. The summed E-state index contributed by atoms with van der Waals surface area (Å²) in [6, 6.07) is 6.31. The first-order valence-corrected chi connectivity index (χ1v) is 11.0. The third-order valence-electron chi connectivity index (χ3n) is 3.84. The van der Waals surface area contributed by atoms with Crippen LogP contribution < -0.4 is 4.57 Å². The highest BCUT2D eigenvalue weighted by atomic mass is 32.2. The summed E-state index contributed by atoms with van der Waals surface area (Å²) in [5.41, 5.74) is 3.34. The molecule has 0 radical (unpaired) electrons. The summed E-state index contributed by atoms with van der Waals surface area (Å²) >= 11 is 1.70. The quantitative estimate of drug-likeness (QED) is 0.213. The van der Waals surface area contributed by atoms with Gasteiger partial charge in [0, 0.05) is 24.3 Å². The third-order valence-corrected chi connectivity index (χ3v) is 5.74. The van der Waals surface area contributed by atoms with Gasteiger partial charge in [0.15, 0.2) is 6.54 Å². The Kier molecular flexibility index (Phi) is 7.37. The summed E-state index contributed by atoms with van der Waals surface area (Å²) in [6.45, 7) is 7.29. The van der Waals surface area contributed by atoms with Gasteiger partial charge in [-0.3, -0.25) is 0 Å². The molecule has 0 atom stereocenters. The highest BCUT2D eigenvalue weighted by Crippen LogP contribution is 2.23. The molecule has 0 aliphatic rings. The minimum atomic E-state index is -4.15. The van der Waals surface area contributed by atoms with Crippen LogP contribution in [0, 0.1) is 6.92 Å². The molecule has 1 aromatic carbocycles. The van der Waals surface area contributed by atoms with Gasteiger partial charge in [-0.15, -0.1) is 0 Å². The molecule has 0 N–H and O–H groups in total. The Morgan fingerprint density at radius 2 is 2.12 bits per heavy atom. The maximum absolute atomic E-state index is 10.8. The molecular formula is C19H25NO4S2. The molecule has 0 bridgehead atoms. The Hall–Kier alpha value is -1.70. The van der Waals surface area contributed by atoms with Crippen molar-refractivity contribution in [3.63, 3.8) is 0 Å². The molecule has 2 aromatic rings. The van der Waals surface area contributed by atoms with Crippen LogP contribution in [0.4, 0.5) is 0 Å². The van der Waals surface area contributed by atoms with Crippen LogP contribution in [0.25, 0.3) is 16.3 Å². The minimum Gasteiger partial charge on any atom is -0.748 e. The van der Waals surface area contributed by atoms with Crippen molar-refractivity contribution in [3.8, 4) is 0 Å². The van der Waals surface area contributed by atoms with Crippen LogP contribution in [0.15, 0.2) is 36.1 Å². The zero-order valence-electron chi connectivity index (χ0n) is 15.4. The molecular weight excluding hydrogens is 370 g/mol. The molecule has 7 heteroatoms. The van der Waals surface area contributed by atoms with E-state index in [1.807, 2.05) is 19.9 Å². The van der Waals surface area contributed by atoms with Crippen molar-refractivity contribution in [2.24, 2.45) is 0 Å². The van der Waals surface area contributed by atoms with Crippen molar-refractivity contribution in [3.05, 3.63) is 46.7 Å². The van der Waals surface area contributed by atoms with E-state index in [1.165, 1.54) is 10.3 Å². The Labute approximate surface area is 159 Å². The monoisotopic (exact) mass is 395 g/mol. The fraction of sp³-hybridized carbons (Fsp3) is 0.421. The van der Waals surface area contributed by atoms with Crippen molar-refractivity contribution in [2.45, 2.75) is 40.2 Å². The topological polar surface area (TPSA) is 70.3 Å². The van der Waals surface area contributed by atoms with E-state index in [0.717, 1.165) is 16.1 Å². The number of thiazole rings is 1. The molecule has 0 saturated carbocycles. The molecule has 0 aliphatic heterocycles. The van der Waals surface area contributed by atoms with E-state index in [-0.39, 0.29) is 5.75 Å². The van der Waals surface area contributed by atoms with Crippen LogP contribution in [-0.2, 0) is 21.4 Å². The molecule has 142 valence electrons. The fourth-order valence-corrected chi connectivity index (χ4v) is 4.32. The Morgan fingerprint density at radius 1 is 1.35 bits per heavy atom. The van der Waals surface area contributed by atoms with Gasteiger partial charge in [0.25, 0.3) is 5.01 Å². The van der Waals surface area contributed by atoms with Gasteiger partial charge in [0.2, 0.25) is 5.52 Å². The lowest BCUT2D eigenvalue weighted by atomic mass is 10.2. The Balaban J connectivity index is 2.25. The largest absolute Gasteiger partial charge is 0.748 e. The number of nitrogens with zero attached hydrogens (tertiary/aromatic N) is 1. The number of hydrogen-bond donors (Lipinski definition) is 0. The number of unbranched alkanes of at least 4 members (excludes halogenated alkanes) is 1. The zero-order valence-corrected chi connectivity index (χ0v) is 17.0. The van der Waals surface area contributed by atoms with Gasteiger partial charge in [0.1, 0.15) is 4.70 Å². The smallest absolute Gasteiger partial charge is 0.262 e. The van der Waals surface area contributed by atoms with Crippen molar-refractivity contribution < 1.29 is 22.3 Å².